The van der Waals surface area contributed by atoms with Crippen LogP contribution in [0.4, 0.5) is 0 Å². The van der Waals surface area contributed by atoms with Crippen LogP contribution in [0.2, 0.25) is 5.02 Å². The molecule has 0 saturated carbocycles. The maximum Gasteiger partial charge on any atom is 0.161 e. The van der Waals surface area contributed by atoms with Gasteiger partial charge in [0, 0.05) is 36.1 Å². The zero-order valence-corrected chi connectivity index (χ0v) is 15.9. The summed E-state index contributed by atoms with van der Waals surface area (Å²) in [5.74, 6) is 1.36. The lowest BCUT2D eigenvalue weighted by Gasteiger charge is -2.11. The lowest BCUT2D eigenvalue weighted by Crippen LogP contribution is -1.98. The normalized spacial score (nSPS) is 10.9. The predicted octanol–water partition coefficient (Wildman–Crippen LogP) is 4.98. The van der Waals surface area contributed by atoms with Crippen LogP contribution in [0.25, 0.3) is 0 Å². The zero-order valence-electron chi connectivity index (χ0n) is 15.1. The number of benzene rings is 2. The lowest BCUT2D eigenvalue weighted by atomic mass is 10.2. The van der Waals surface area contributed by atoms with Crippen molar-refractivity contribution >= 4 is 17.8 Å². The topological polar surface area (TPSA) is 43.7 Å². The summed E-state index contributed by atoms with van der Waals surface area (Å²) < 4.78 is 11.3. The van der Waals surface area contributed by atoms with Gasteiger partial charge in [0.15, 0.2) is 11.5 Å². The second-order valence-electron chi connectivity index (χ2n) is 5.94. The number of ether oxygens (including phenoxy) is 2. The molecule has 3 rings (SSSR count). The average Bonchev–Trinajstić information content (AvgIpc) is 2.71. The first-order valence-electron chi connectivity index (χ1n) is 8.69. The smallest absolute Gasteiger partial charge is 0.161 e. The maximum absolute atomic E-state index is 6.01. The number of hydrogen-bond acceptors (Lipinski definition) is 4. The molecular weight excluding hydrogens is 360 g/mol. The van der Waals surface area contributed by atoms with Crippen LogP contribution in [0.15, 0.2) is 71.9 Å². The highest BCUT2D eigenvalue weighted by atomic mass is 35.5. The highest BCUT2D eigenvalue weighted by Gasteiger charge is 2.06. The van der Waals surface area contributed by atoms with Gasteiger partial charge in [0.2, 0.25) is 0 Å². The Balaban J connectivity index is 1.59. The number of rotatable bonds is 8. The molecule has 1 heterocycles. The van der Waals surface area contributed by atoms with Gasteiger partial charge < -0.3 is 9.47 Å². The molecule has 0 aliphatic heterocycles. The summed E-state index contributed by atoms with van der Waals surface area (Å²) in [6, 6.07) is 19.3. The Labute approximate surface area is 164 Å². The average molecular weight is 381 g/mol. The summed E-state index contributed by atoms with van der Waals surface area (Å²) in [4.78, 5) is 8.76. The molecule has 0 aliphatic carbocycles. The molecule has 27 heavy (non-hydrogen) atoms. The van der Waals surface area contributed by atoms with E-state index in [1.807, 2.05) is 66.9 Å². The minimum absolute atomic E-state index is 0.425. The lowest BCUT2D eigenvalue weighted by molar-refractivity contribution is 0.284. The van der Waals surface area contributed by atoms with Gasteiger partial charge in [0.25, 0.3) is 0 Å². The zero-order chi connectivity index (χ0) is 18.9. The highest BCUT2D eigenvalue weighted by molar-refractivity contribution is 6.30. The van der Waals surface area contributed by atoms with Gasteiger partial charge in [0.1, 0.15) is 6.61 Å². The van der Waals surface area contributed by atoms with E-state index in [0.29, 0.717) is 29.7 Å². The van der Waals surface area contributed by atoms with Gasteiger partial charge in [-0.2, -0.15) is 0 Å². The fourth-order valence-electron chi connectivity index (χ4n) is 2.57. The molecule has 0 atom stereocenters. The van der Waals surface area contributed by atoms with E-state index in [-0.39, 0.29) is 0 Å². The molecule has 0 unspecified atom stereocenters. The van der Waals surface area contributed by atoms with Crippen LogP contribution in [0.1, 0.15) is 16.8 Å². The van der Waals surface area contributed by atoms with Crippen molar-refractivity contribution in [2.75, 3.05) is 13.7 Å². The summed E-state index contributed by atoms with van der Waals surface area (Å²) in [6.45, 7) is 1.11. The van der Waals surface area contributed by atoms with Crippen molar-refractivity contribution in [1.29, 1.82) is 0 Å². The third kappa shape index (κ3) is 5.83. The third-order valence-electron chi connectivity index (χ3n) is 3.93. The van der Waals surface area contributed by atoms with Crippen LogP contribution < -0.4 is 9.47 Å². The molecule has 4 nitrogen and oxygen atoms in total. The van der Waals surface area contributed by atoms with Crippen LogP contribution >= 0.6 is 11.6 Å². The second-order valence-corrected chi connectivity index (χ2v) is 6.37. The summed E-state index contributed by atoms with van der Waals surface area (Å²) in [5.41, 5.74) is 3.00. The largest absolute Gasteiger partial charge is 0.493 e. The fourth-order valence-corrected chi connectivity index (χ4v) is 2.78. The summed E-state index contributed by atoms with van der Waals surface area (Å²) in [5, 5.41) is 0.695. The molecule has 0 saturated heterocycles. The third-order valence-corrected chi connectivity index (χ3v) is 4.17. The van der Waals surface area contributed by atoms with Crippen molar-refractivity contribution in [3.05, 3.63) is 88.7 Å². The molecule has 0 aliphatic rings. The Morgan fingerprint density at radius 3 is 2.74 bits per heavy atom. The maximum atomic E-state index is 6.01. The van der Waals surface area contributed by atoms with Crippen molar-refractivity contribution in [3.63, 3.8) is 0 Å². The Morgan fingerprint density at radius 2 is 1.96 bits per heavy atom. The number of aromatic nitrogens is 1. The van der Waals surface area contributed by atoms with Gasteiger partial charge in [-0.25, -0.2) is 0 Å². The molecule has 0 amide bonds. The number of hydrogen-bond donors (Lipinski definition) is 0. The molecule has 0 radical (unpaired) electrons. The van der Waals surface area contributed by atoms with Crippen LogP contribution in [0.5, 0.6) is 11.5 Å². The molecule has 0 spiro atoms. The van der Waals surface area contributed by atoms with Gasteiger partial charge in [0.05, 0.1) is 7.11 Å². The Bertz CT molecular complexity index is 898. The number of pyridine rings is 1. The molecule has 2 aromatic carbocycles. The standard InChI is InChI=1S/C22H21ClN2O2/c1-26-22-14-17(15-24-12-10-20-7-2-3-11-25-20)8-9-21(22)27-16-18-5-4-6-19(23)13-18/h2-9,11,13-15H,10,12,16H2,1H3. The Kier molecular flexibility index (Phi) is 6.83. The van der Waals surface area contributed by atoms with Gasteiger partial charge in [-0.3, -0.25) is 9.98 Å². The van der Waals surface area contributed by atoms with Crippen molar-refractivity contribution in [1.82, 2.24) is 4.98 Å². The van der Waals surface area contributed by atoms with E-state index in [1.165, 1.54) is 0 Å². The number of aliphatic imine (C=N–C) groups is 1. The molecule has 138 valence electrons. The second kappa shape index (κ2) is 9.74. The van der Waals surface area contributed by atoms with E-state index >= 15 is 0 Å². The monoisotopic (exact) mass is 380 g/mol. The van der Waals surface area contributed by atoms with E-state index < -0.39 is 0 Å². The van der Waals surface area contributed by atoms with E-state index in [0.717, 1.165) is 23.2 Å². The van der Waals surface area contributed by atoms with E-state index in [4.69, 9.17) is 21.1 Å². The van der Waals surface area contributed by atoms with Crippen LogP contribution in [-0.2, 0) is 13.0 Å². The summed E-state index contributed by atoms with van der Waals surface area (Å²) in [7, 11) is 1.63. The van der Waals surface area contributed by atoms with Gasteiger partial charge in [-0.05, 0) is 53.6 Å². The van der Waals surface area contributed by atoms with Crippen molar-refractivity contribution in [2.45, 2.75) is 13.0 Å². The molecule has 5 heteroatoms. The Hall–Kier alpha value is -2.85. The van der Waals surface area contributed by atoms with E-state index in [1.54, 1.807) is 13.3 Å². The minimum Gasteiger partial charge on any atom is -0.493 e. The van der Waals surface area contributed by atoms with Crippen LogP contribution in [0, 0.1) is 0 Å². The van der Waals surface area contributed by atoms with E-state index in [9.17, 15) is 0 Å². The van der Waals surface area contributed by atoms with Gasteiger partial charge >= 0.3 is 0 Å². The van der Waals surface area contributed by atoms with E-state index in [2.05, 4.69) is 9.98 Å². The fraction of sp³-hybridized carbons (Fsp3) is 0.182. The predicted molar refractivity (Wildman–Crippen MR) is 109 cm³/mol. The number of methoxy groups -OCH3 is 1. The number of nitrogens with zero attached hydrogens (tertiary/aromatic N) is 2. The minimum atomic E-state index is 0.425. The summed E-state index contributed by atoms with van der Waals surface area (Å²) in [6.07, 6.45) is 4.45. The molecule has 3 aromatic rings. The molecule has 1 aromatic heterocycles. The van der Waals surface area contributed by atoms with Gasteiger partial charge in [-0.15, -0.1) is 0 Å². The van der Waals surface area contributed by atoms with Crippen molar-refractivity contribution in [3.8, 4) is 11.5 Å². The highest BCUT2D eigenvalue weighted by Crippen LogP contribution is 2.28. The first-order valence-corrected chi connectivity index (χ1v) is 9.07. The molecule has 0 N–H and O–H groups in total. The van der Waals surface area contributed by atoms with Crippen molar-refractivity contribution in [2.24, 2.45) is 4.99 Å². The van der Waals surface area contributed by atoms with Crippen LogP contribution in [0.3, 0.4) is 0 Å². The molecule has 0 bridgehead atoms. The first-order chi connectivity index (χ1) is 13.2. The molecule has 0 fully saturated rings. The summed E-state index contributed by atoms with van der Waals surface area (Å²) >= 11 is 6.01. The Morgan fingerprint density at radius 1 is 1.04 bits per heavy atom. The van der Waals surface area contributed by atoms with Crippen molar-refractivity contribution < 1.29 is 9.47 Å². The van der Waals surface area contributed by atoms with Crippen LogP contribution in [-0.4, -0.2) is 24.9 Å². The quantitative estimate of drug-likeness (QED) is 0.517. The van der Waals surface area contributed by atoms with Gasteiger partial charge in [-0.1, -0.05) is 29.8 Å². The first kappa shape index (κ1) is 18.9. The number of halogens is 1. The molecular formula is C22H21ClN2O2. The SMILES string of the molecule is COc1cc(C=NCCc2ccccn2)ccc1OCc1cccc(Cl)c1.